The van der Waals surface area contributed by atoms with Crippen molar-refractivity contribution in [3.63, 3.8) is 0 Å². The van der Waals surface area contributed by atoms with Crippen LogP contribution in [0.3, 0.4) is 0 Å². The molecule has 0 spiro atoms. The third kappa shape index (κ3) is 4.74. The molecule has 1 aromatic carbocycles. The Hall–Kier alpha value is -1.99. The van der Waals surface area contributed by atoms with Crippen LogP contribution in [0.4, 0.5) is 4.39 Å². The number of aromatic nitrogens is 3. The van der Waals surface area contributed by atoms with Gasteiger partial charge in [0, 0.05) is 12.6 Å². The largest absolute Gasteiger partial charge is 0.347 e. The molecule has 1 fully saturated rings. The van der Waals surface area contributed by atoms with Crippen LogP contribution < -0.4 is 10.6 Å². The number of hydrogen-bond acceptors (Lipinski definition) is 4. The fourth-order valence-corrected chi connectivity index (χ4v) is 2.54. The summed E-state index contributed by atoms with van der Waals surface area (Å²) in [6, 6.07) is 6.41. The Morgan fingerprint density at radius 3 is 3.09 bits per heavy atom. The molecule has 1 atom stereocenters. The molecular weight excluding hydrogens is 321 g/mol. The Balaban J connectivity index is 0.00000192. The maximum absolute atomic E-state index is 13.1. The van der Waals surface area contributed by atoms with Crippen molar-refractivity contribution in [2.45, 2.75) is 25.4 Å². The minimum absolute atomic E-state index is 0. The number of nitrogens with one attached hydrogen (secondary N) is 2. The van der Waals surface area contributed by atoms with Crippen molar-refractivity contribution in [2.24, 2.45) is 0 Å². The summed E-state index contributed by atoms with van der Waals surface area (Å²) in [6.45, 7) is 2.16. The van der Waals surface area contributed by atoms with Gasteiger partial charge < -0.3 is 10.6 Å². The van der Waals surface area contributed by atoms with Gasteiger partial charge in [0.2, 0.25) is 0 Å². The first-order valence-corrected chi connectivity index (χ1v) is 7.37. The molecule has 1 amide bonds. The van der Waals surface area contributed by atoms with E-state index in [2.05, 4.69) is 20.9 Å². The van der Waals surface area contributed by atoms with Crippen LogP contribution in [0.2, 0.25) is 0 Å². The third-order valence-corrected chi connectivity index (χ3v) is 3.64. The van der Waals surface area contributed by atoms with E-state index in [1.54, 1.807) is 18.3 Å². The van der Waals surface area contributed by atoms with Gasteiger partial charge in [-0.05, 0) is 37.1 Å². The molecule has 2 aromatic rings. The van der Waals surface area contributed by atoms with Crippen molar-refractivity contribution in [1.82, 2.24) is 25.6 Å². The summed E-state index contributed by atoms with van der Waals surface area (Å²) in [5.74, 6) is -0.514. The average molecular weight is 340 g/mol. The molecule has 0 aliphatic carbocycles. The molecule has 1 aromatic heterocycles. The molecule has 0 bridgehead atoms. The molecular formula is C15H19ClFN5O. The van der Waals surface area contributed by atoms with Crippen molar-refractivity contribution in [3.8, 4) is 0 Å². The Bertz CT molecular complexity index is 657. The van der Waals surface area contributed by atoms with Crippen LogP contribution in [0.15, 0.2) is 30.5 Å². The zero-order chi connectivity index (χ0) is 15.4. The van der Waals surface area contributed by atoms with E-state index in [0.29, 0.717) is 6.54 Å². The first kappa shape index (κ1) is 17.4. The number of hydrogen-bond donors (Lipinski definition) is 2. The highest BCUT2D eigenvalue weighted by atomic mass is 35.5. The van der Waals surface area contributed by atoms with Crippen molar-refractivity contribution < 1.29 is 9.18 Å². The number of piperidine rings is 1. The van der Waals surface area contributed by atoms with E-state index < -0.39 is 0 Å². The van der Waals surface area contributed by atoms with Gasteiger partial charge in [0.25, 0.3) is 5.91 Å². The standard InChI is InChI=1S/C15H18FN5O.ClH/c16-12-4-1-3-11(7-12)9-21-10-14(19-20-21)15(22)18-13-5-2-6-17-8-13;/h1,3-4,7,10,13,17H,2,5-6,8-9H2,(H,18,22);1H/t13-;/m0./s1. The lowest BCUT2D eigenvalue weighted by atomic mass is 10.1. The van der Waals surface area contributed by atoms with Crippen molar-refractivity contribution in [1.29, 1.82) is 0 Å². The van der Waals surface area contributed by atoms with E-state index in [0.717, 1.165) is 31.5 Å². The summed E-state index contributed by atoms with van der Waals surface area (Å²) in [5.41, 5.74) is 1.05. The highest BCUT2D eigenvalue weighted by molar-refractivity contribution is 5.92. The number of halogens is 2. The zero-order valence-electron chi connectivity index (χ0n) is 12.5. The van der Waals surface area contributed by atoms with Crippen LogP contribution in [0.25, 0.3) is 0 Å². The monoisotopic (exact) mass is 339 g/mol. The number of nitrogens with zero attached hydrogens (tertiary/aromatic N) is 3. The fourth-order valence-electron chi connectivity index (χ4n) is 2.54. The molecule has 1 aliphatic heterocycles. The van der Waals surface area contributed by atoms with Crippen molar-refractivity contribution in [3.05, 3.63) is 47.5 Å². The molecule has 1 aliphatic rings. The van der Waals surface area contributed by atoms with Crippen LogP contribution in [0.5, 0.6) is 0 Å². The average Bonchev–Trinajstić information content (AvgIpc) is 2.97. The quantitative estimate of drug-likeness (QED) is 0.882. The summed E-state index contributed by atoms with van der Waals surface area (Å²) >= 11 is 0. The van der Waals surface area contributed by atoms with E-state index >= 15 is 0 Å². The molecule has 0 unspecified atom stereocenters. The number of carbonyl (C=O) groups excluding carboxylic acids is 1. The van der Waals surface area contributed by atoms with E-state index in [9.17, 15) is 9.18 Å². The maximum atomic E-state index is 13.1. The Morgan fingerprint density at radius 2 is 2.35 bits per heavy atom. The molecule has 8 heteroatoms. The lowest BCUT2D eigenvalue weighted by Crippen LogP contribution is -2.45. The molecule has 124 valence electrons. The maximum Gasteiger partial charge on any atom is 0.273 e. The van der Waals surface area contributed by atoms with E-state index in [1.807, 2.05) is 0 Å². The molecule has 0 saturated carbocycles. The molecule has 0 radical (unpaired) electrons. The minimum atomic E-state index is -0.291. The fraction of sp³-hybridized carbons (Fsp3) is 0.400. The molecule has 3 rings (SSSR count). The highest BCUT2D eigenvalue weighted by Crippen LogP contribution is 2.06. The second kappa shape index (κ2) is 8.03. The normalized spacial score (nSPS) is 17.3. The number of benzene rings is 1. The summed E-state index contributed by atoms with van der Waals surface area (Å²) in [4.78, 5) is 12.1. The first-order chi connectivity index (χ1) is 10.7. The summed E-state index contributed by atoms with van der Waals surface area (Å²) in [6.07, 6.45) is 3.60. The smallest absolute Gasteiger partial charge is 0.273 e. The first-order valence-electron chi connectivity index (χ1n) is 7.37. The summed E-state index contributed by atoms with van der Waals surface area (Å²) in [5, 5.41) is 14.0. The molecule has 2 N–H and O–H groups in total. The van der Waals surface area contributed by atoms with Crippen LogP contribution in [-0.2, 0) is 6.54 Å². The van der Waals surface area contributed by atoms with Gasteiger partial charge in [-0.15, -0.1) is 17.5 Å². The topological polar surface area (TPSA) is 71.8 Å². The van der Waals surface area contributed by atoms with Gasteiger partial charge in [0.15, 0.2) is 5.69 Å². The predicted molar refractivity (Wildman–Crippen MR) is 86.1 cm³/mol. The van der Waals surface area contributed by atoms with Crippen LogP contribution in [-0.4, -0.2) is 40.0 Å². The lowest BCUT2D eigenvalue weighted by molar-refractivity contribution is 0.0925. The van der Waals surface area contributed by atoms with Gasteiger partial charge in [0.1, 0.15) is 5.82 Å². The third-order valence-electron chi connectivity index (χ3n) is 3.64. The van der Waals surface area contributed by atoms with Crippen molar-refractivity contribution in [2.75, 3.05) is 13.1 Å². The summed E-state index contributed by atoms with van der Waals surface area (Å²) < 4.78 is 14.7. The van der Waals surface area contributed by atoms with Gasteiger partial charge >= 0.3 is 0 Å². The van der Waals surface area contributed by atoms with Crippen LogP contribution in [0.1, 0.15) is 28.9 Å². The van der Waals surface area contributed by atoms with E-state index in [1.165, 1.54) is 16.8 Å². The van der Waals surface area contributed by atoms with Gasteiger partial charge in [-0.3, -0.25) is 4.79 Å². The second-order valence-corrected chi connectivity index (χ2v) is 5.45. The van der Waals surface area contributed by atoms with Gasteiger partial charge in [-0.25, -0.2) is 9.07 Å². The number of rotatable bonds is 4. The van der Waals surface area contributed by atoms with Crippen molar-refractivity contribution >= 4 is 18.3 Å². The molecule has 2 heterocycles. The second-order valence-electron chi connectivity index (χ2n) is 5.45. The highest BCUT2D eigenvalue weighted by Gasteiger charge is 2.18. The SMILES string of the molecule is Cl.O=C(N[C@H]1CCCNC1)c1cn(Cc2cccc(F)c2)nn1. The number of carbonyl (C=O) groups is 1. The summed E-state index contributed by atoms with van der Waals surface area (Å²) in [7, 11) is 0. The van der Waals surface area contributed by atoms with Gasteiger partial charge in [0.05, 0.1) is 12.7 Å². The van der Waals surface area contributed by atoms with Crippen LogP contribution >= 0.6 is 12.4 Å². The Kier molecular flexibility index (Phi) is 6.06. The lowest BCUT2D eigenvalue weighted by Gasteiger charge is -2.23. The van der Waals surface area contributed by atoms with E-state index in [4.69, 9.17) is 0 Å². The predicted octanol–water partition coefficient (Wildman–Crippen LogP) is 1.37. The molecule has 6 nitrogen and oxygen atoms in total. The number of amides is 1. The van der Waals surface area contributed by atoms with Crippen LogP contribution in [0, 0.1) is 5.82 Å². The zero-order valence-corrected chi connectivity index (χ0v) is 13.4. The minimum Gasteiger partial charge on any atom is -0.347 e. The van der Waals surface area contributed by atoms with Gasteiger partial charge in [-0.2, -0.15) is 0 Å². The Morgan fingerprint density at radius 1 is 1.48 bits per heavy atom. The van der Waals surface area contributed by atoms with Gasteiger partial charge in [-0.1, -0.05) is 17.3 Å². The molecule has 1 saturated heterocycles. The van der Waals surface area contributed by atoms with E-state index in [-0.39, 0.29) is 35.9 Å². The Labute approximate surface area is 139 Å². The molecule has 23 heavy (non-hydrogen) atoms.